The number of hydrogen-bond acceptors (Lipinski definition) is 5. The van der Waals surface area contributed by atoms with Gasteiger partial charge in [-0.25, -0.2) is 8.42 Å². The van der Waals surface area contributed by atoms with Gasteiger partial charge >= 0.3 is 5.17 Å². The van der Waals surface area contributed by atoms with Crippen molar-refractivity contribution in [1.82, 2.24) is 4.31 Å². The molecule has 1 aliphatic heterocycles. The van der Waals surface area contributed by atoms with Crippen LogP contribution in [-0.4, -0.2) is 31.0 Å². The van der Waals surface area contributed by atoms with E-state index in [-0.39, 0.29) is 10.1 Å². The molecule has 1 atom stereocenters. The van der Waals surface area contributed by atoms with Crippen LogP contribution in [0, 0.1) is 0 Å². The van der Waals surface area contributed by atoms with Gasteiger partial charge in [-0.1, -0.05) is 26.0 Å². The zero-order chi connectivity index (χ0) is 14.8. The third-order valence-corrected chi connectivity index (χ3v) is 5.17. The van der Waals surface area contributed by atoms with E-state index in [1.165, 1.54) is 4.31 Å². The maximum Gasteiger partial charge on any atom is 0.304 e. The second kappa shape index (κ2) is 5.94. The summed E-state index contributed by atoms with van der Waals surface area (Å²) in [6.07, 6.45) is -0.658. The van der Waals surface area contributed by atoms with Gasteiger partial charge in [0.15, 0.2) is 0 Å². The lowest BCUT2D eigenvalue weighted by molar-refractivity contribution is 0.227. The molecule has 0 fully saturated rings. The van der Waals surface area contributed by atoms with E-state index in [1.807, 2.05) is 0 Å². The fraction of sp³-hybridized carbons (Fsp3) is 0.417. The van der Waals surface area contributed by atoms with Crippen LogP contribution in [-0.2, 0) is 14.8 Å². The molecule has 1 heterocycles. The lowest BCUT2D eigenvalue weighted by Gasteiger charge is -2.19. The molecule has 0 aromatic heterocycles. The Morgan fingerprint density at radius 3 is 2.60 bits per heavy atom. The monoisotopic (exact) mass is 313 g/mol. The lowest BCUT2D eigenvalue weighted by atomic mass is 10.2. The first-order valence-corrected chi connectivity index (χ1v) is 8.05. The van der Waals surface area contributed by atoms with Crippen molar-refractivity contribution in [1.29, 1.82) is 0 Å². The normalized spacial score (nSPS) is 18.6. The van der Waals surface area contributed by atoms with E-state index in [1.54, 1.807) is 38.1 Å². The van der Waals surface area contributed by atoms with Crippen LogP contribution in [0.1, 0.15) is 25.6 Å². The highest BCUT2D eigenvalue weighted by atomic mass is 32.2. The highest BCUT2D eigenvalue weighted by Crippen LogP contribution is 2.27. The summed E-state index contributed by atoms with van der Waals surface area (Å²) >= 11 is 4.77. The molecular weight excluding hydrogens is 298 g/mol. The third kappa shape index (κ3) is 2.87. The molecule has 0 saturated carbocycles. The van der Waals surface area contributed by atoms with Gasteiger partial charge in [-0.3, -0.25) is 0 Å². The van der Waals surface area contributed by atoms with Gasteiger partial charge in [-0.2, -0.15) is 4.31 Å². The van der Waals surface area contributed by atoms with Crippen molar-refractivity contribution >= 4 is 27.4 Å². The van der Waals surface area contributed by atoms with E-state index in [0.717, 1.165) is 0 Å². The van der Waals surface area contributed by atoms with Crippen molar-refractivity contribution < 1.29 is 13.2 Å². The highest BCUT2D eigenvalue weighted by molar-refractivity contribution is 7.89. The number of ether oxygens (including phenoxy) is 1. The molecule has 8 heteroatoms. The van der Waals surface area contributed by atoms with E-state index in [2.05, 4.69) is 10.2 Å². The summed E-state index contributed by atoms with van der Waals surface area (Å²) in [5, 5.41) is 7.54. The second-order valence-electron chi connectivity index (χ2n) is 4.11. The molecule has 0 amide bonds. The largest absolute Gasteiger partial charge is 0.436 e. The van der Waals surface area contributed by atoms with Gasteiger partial charge in [0.25, 0.3) is 0 Å². The Morgan fingerprint density at radius 1 is 1.35 bits per heavy atom. The van der Waals surface area contributed by atoms with E-state index in [9.17, 15) is 8.42 Å². The van der Waals surface area contributed by atoms with E-state index < -0.39 is 16.3 Å². The first-order chi connectivity index (χ1) is 9.48. The zero-order valence-corrected chi connectivity index (χ0v) is 12.8. The van der Waals surface area contributed by atoms with Gasteiger partial charge < -0.3 is 4.74 Å². The Balaban J connectivity index is 2.35. The fourth-order valence-electron chi connectivity index (χ4n) is 1.92. The molecule has 1 aromatic carbocycles. The molecule has 1 aromatic rings. The van der Waals surface area contributed by atoms with Crippen LogP contribution in [0.2, 0.25) is 0 Å². The molecule has 1 unspecified atom stereocenters. The van der Waals surface area contributed by atoms with Gasteiger partial charge in [-0.05, 0) is 24.4 Å². The third-order valence-electron chi connectivity index (χ3n) is 2.94. The Bertz CT molecular complexity index is 639. The number of nitrogens with zero attached hydrogens (tertiary/aromatic N) is 3. The topological polar surface area (TPSA) is 71.3 Å². The van der Waals surface area contributed by atoms with Crippen LogP contribution >= 0.6 is 12.2 Å². The average Bonchev–Trinajstić information content (AvgIpc) is 2.87. The maximum absolute atomic E-state index is 12.4. The predicted molar refractivity (Wildman–Crippen MR) is 77.8 cm³/mol. The Labute approximate surface area is 123 Å². The molecular formula is C12H15N3O3S2. The molecule has 6 nitrogen and oxygen atoms in total. The Hall–Kier alpha value is -1.38. The van der Waals surface area contributed by atoms with Gasteiger partial charge in [0, 0.05) is 18.7 Å². The van der Waals surface area contributed by atoms with Gasteiger partial charge in [0.1, 0.15) is 0 Å². The molecule has 0 radical (unpaired) electrons. The van der Waals surface area contributed by atoms with Crippen LogP contribution in [0.3, 0.4) is 0 Å². The van der Waals surface area contributed by atoms with Crippen LogP contribution in [0.25, 0.3) is 0 Å². The molecule has 0 spiro atoms. The SMILES string of the molecule is CCN(CC)S(=O)(=O)c1cccc(C2N=NC(=S)O2)c1. The number of hydrogen-bond donors (Lipinski definition) is 0. The van der Waals surface area contributed by atoms with Crippen LogP contribution in [0.4, 0.5) is 0 Å². The number of sulfonamides is 1. The highest BCUT2D eigenvalue weighted by Gasteiger charge is 2.25. The standard InChI is InChI=1S/C12H15N3O3S2/c1-3-15(4-2)20(16,17)10-7-5-6-9(8-10)11-13-14-12(19)18-11/h5-8,11H,3-4H2,1-2H3. The maximum atomic E-state index is 12.4. The van der Waals surface area contributed by atoms with Crippen molar-refractivity contribution in [2.45, 2.75) is 25.0 Å². The quantitative estimate of drug-likeness (QED) is 0.783. The minimum Gasteiger partial charge on any atom is -0.436 e. The van der Waals surface area contributed by atoms with Gasteiger partial charge in [0.2, 0.25) is 16.3 Å². The average molecular weight is 313 g/mol. The van der Waals surface area contributed by atoms with E-state index in [4.69, 9.17) is 17.0 Å². The number of benzene rings is 1. The van der Waals surface area contributed by atoms with Crippen molar-refractivity contribution in [2.24, 2.45) is 10.2 Å². The Kier molecular flexibility index (Phi) is 4.46. The summed E-state index contributed by atoms with van der Waals surface area (Å²) in [5.74, 6) is 0. The first-order valence-electron chi connectivity index (χ1n) is 6.20. The first kappa shape index (κ1) is 15.0. The van der Waals surface area contributed by atoms with E-state index >= 15 is 0 Å². The number of rotatable bonds is 5. The molecule has 2 rings (SSSR count). The lowest BCUT2D eigenvalue weighted by Crippen LogP contribution is -2.30. The molecule has 1 aliphatic rings. The fourth-order valence-corrected chi connectivity index (χ4v) is 3.57. The van der Waals surface area contributed by atoms with Gasteiger partial charge in [-0.15, -0.1) is 10.2 Å². The summed E-state index contributed by atoms with van der Waals surface area (Å²) in [5.41, 5.74) is 0.613. The number of thiocarbonyl (C=S) groups is 1. The number of azo groups is 1. The molecule has 0 N–H and O–H groups in total. The minimum atomic E-state index is -3.49. The summed E-state index contributed by atoms with van der Waals surface area (Å²) in [4.78, 5) is 0.218. The molecule has 108 valence electrons. The second-order valence-corrected chi connectivity index (χ2v) is 6.40. The zero-order valence-electron chi connectivity index (χ0n) is 11.2. The molecule has 0 saturated heterocycles. The summed E-state index contributed by atoms with van der Waals surface area (Å²) in [6, 6.07) is 6.50. The van der Waals surface area contributed by atoms with Crippen LogP contribution < -0.4 is 0 Å². The van der Waals surface area contributed by atoms with Crippen LogP contribution in [0.5, 0.6) is 0 Å². The van der Waals surface area contributed by atoms with Crippen LogP contribution in [0.15, 0.2) is 39.4 Å². The predicted octanol–water partition coefficient (Wildman–Crippen LogP) is 2.48. The minimum absolute atomic E-state index is 0.0620. The van der Waals surface area contributed by atoms with Gasteiger partial charge in [0.05, 0.1) is 4.90 Å². The van der Waals surface area contributed by atoms with E-state index in [0.29, 0.717) is 18.7 Å². The molecule has 0 aliphatic carbocycles. The summed E-state index contributed by atoms with van der Waals surface area (Å²) in [6.45, 7) is 4.45. The van der Waals surface area contributed by atoms with Crippen molar-refractivity contribution in [3.8, 4) is 0 Å². The summed E-state index contributed by atoms with van der Waals surface area (Å²) in [7, 11) is -3.49. The van der Waals surface area contributed by atoms with Crippen molar-refractivity contribution in [3.63, 3.8) is 0 Å². The summed E-state index contributed by atoms with van der Waals surface area (Å²) < 4.78 is 31.5. The van der Waals surface area contributed by atoms with Crippen molar-refractivity contribution in [3.05, 3.63) is 29.8 Å². The molecule has 20 heavy (non-hydrogen) atoms. The van der Waals surface area contributed by atoms with Crippen molar-refractivity contribution in [2.75, 3.05) is 13.1 Å². The molecule has 0 bridgehead atoms. The smallest absolute Gasteiger partial charge is 0.304 e. The Morgan fingerprint density at radius 2 is 2.05 bits per heavy atom.